The molecule has 90 valence electrons. The van der Waals surface area contributed by atoms with Crippen molar-refractivity contribution in [1.82, 2.24) is 9.88 Å². The molecule has 0 N–H and O–H groups in total. The van der Waals surface area contributed by atoms with Gasteiger partial charge in [-0.2, -0.15) is 0 Å². The highest BCUT2D eigenvalue weighted by Crippen LogP contribution is 2.47. The summed E-state index contributed by atoms with van der Waals surface area (Å²) < 4.78 is 13.8. The summed E-state index contributed by atoms with van der Waals surface area (Å²) in [5.41, 5.74) is 0.628. The van der Waals surface area contributed by atoms with Crippen molar-refractivity contribution in [3.05, 3.63) is 42.5 Å². The van der Waals surface area contributed by atoms with Crippen LogP contribution in [0.4, 0.5) is 4.39 Å². The minimum atomic E-state index is -0.164. The van der Waals surface area contributed by atoms with Gasteiger partial charge in [0.2, 0.25) is 0 Å². The Morgan fingerprint density at radius 2 is 2.47 bits per heavy atom. The Bertz CT molecular complexity index is 432. The first-order valence-electron chi connectivity index (χ1n) is 6.28. The fourth-order valence-corrected chi connectivity index (χ4v) is 3.44. The summed E-state index contributed by atoms with van der Waals surface area (Å²) in [5.74, 6) is 0.529. The zero-order valence-corrected chi connectivity index (χ0v) is 9.85. The monoisotopic (exact) mass is 232 g/mol. The second-order valence-corrected chi connectivity index (χ2v) is 5.00. The first-order chi connectivity index (χ1) is 8.31. The molecule has 17 heavy (non-hydrogen) atoms. The van der Waals surface area contributed by atoms with Crippen LogP contribution in [0.5, 0.6) is 0 Å². The van der Waals surface area contributed by atoms with E-state index in [9.17, 15) is 4.39 Å². The van der Waals surface area contributed by atoms with Gasteiger partial charge in [-0.25, -0.2) is 4.39 Å². The van der Waals surface area contributed by atoms with Crippen LogP contribution in [0.2, 0.25) is 0 Å². The van der Waals surface area contributed by atoms with Crippen molar-refractivity contribution in [3.8, 4) is 0 Å². The molecule has 0 amide bonds. The Labute approximate surface area is 101 Å². The fourth-order valence-electron chi connectivity index (χ4n) is 3.44. The van der Waals surface area contributed by atoms with Gasteiger partial charge in [-0.3, -0.25) is 9.88 Å². The van der Waals surface area contributed by atoms with Gasteiger partial charge in [0.25, 0.3) is 0 Å². The van der Waals surface area contributed by atoms with Gasteiger partial charge in [-0.1, -0.05) is 6.08 Å². The van der Waals surface area contributed by atoms with Gasteiger partial charge in [0.15, 0.2) is 0 Å². The summed E-state index contributed by atoms with van der Waals surface area (Å²) >= 11 is 0. The van der Waals surface area contributed by atoms with Crippen molar-refractivity contribution < 1.29 is 4.39 Å². The molecule has 3 heteroatoms. The number of pyridine rings is 1. The average Bonchev–Trinajstić information content (AvgIpc) is 2.88. The molecule has 0 spiro atoms. The predicted molar refractivity (Wildman–Crippen MR) is 65.0 cm³/mol. The van der Waals surface area contributed by atoms with E-state index in [4.69, 9.17) is 0 Å². The summed E-state index contributed by atoms with van der Waals surface area (Å²) in [6.07, 6.45) is 6.96. The Kier molecular flexibility index (Phi) is 2.71. The summed E-state index contributed by atoms with van der Waals surface area (Å²) in [6, 6.07) is 3.90. The number of hydrogen-bond acceptors (Lipinski definition) is 2. The van der Waals surface area contributed by atoms with Crippen LogP contribution >= 0.6 is 0 Å². The molecule has 2 fully saturated rings. The van der Waals surface area contributed by atoms with Gasteiger partial charge in [0, 0.05) is 12.2 Å². The van der Waals surface area contributed by atoms with Gasteiger partial charge < -0.3 is 0 Å². The molecule has 3 rings (SSSR count). The van der Waals surface area contributed by atoms with Crippen LogP contribution in [0.25, 0.3) is 0 Å². The lowest BCUT2D eigenvalue weighted by Crippen LogP contribution is -2.29. The largest absolute Gasteiger partial charge is 0.291 e. The highest BCUT2D eigenvalue weighted by Gasteiger charge is 2.46. The molecule has 3 heterocycles. The molecule has 2 nitrogen and oxygen atoms in total. The number of halogens is 1. The Hall–Kier alpha value is -1.22. The number of fused-ring (bicyclic) bond motifs is 2. The fraction of sp³-hybridized carbons (Fsp3) is 0.500. The Morgan fingerprint density at radius 1 is 1.59 bits per heavy atom. The molecule has 1 aromatic rings. The molecular formula is C14H17FN2. The maximum absolute atomic E-state index is 13.8. The van der Waals surface area contributed by atoms with Crippen molar-refractivity contribution in [2.24, 2.45) is 5.92 Å². The van der Waals surface area contributed by atoms with Crippen LogP contribution in [0, 0.1) is 11.7 Å². The van der Waals surface area contributed by atoms with Crippen molar-refractivity contribution in [1.29, 1.82) is 0 Å². The molecular weight excluding hydrogens is 215 g/mol. The lowest BCUT2D eigenvalue weighted by Gasteiger charge is -2.26. The standard InChI is InChI=1S/C14H17FN2/c1-2-4-12-10-6-8-17(12)13(9-10)14-11(15)5-3-7-16-14/h2-3,5,7,10,12-13H,1,4,6,8-9H2. The summed E-state index contributed by atoms with van der Waals surface area (Å²) in [5, 5.41) is 0. The number of piperidine rings is 1. The Balaban J connectivity index is 1.88. The van der Waals surface area contributed by atoms with Crippen LogP contribution in [-0.2, 0) is 0 Å². The second-order valence-electron chi connectivity index (χ2n) is 5.00. The van der Waals surface area contributed by atoms with E-state index in [2.05, 4.69) is 16.5 Å². The van der Waals surface area contributed by atoms with Crippen molar-refractivity contribution in [2.45, 2.75) is 31.3 Å². The van der Waals surface area contributed by atoms with E-state index in [0.29, 0.717) is 17.7 Å². The molecule has 2 saturated heterocycles. The smallest absolute Gasteiger partial charge is 0.146 e. The number of nitrogens with zero attached hydrogens (tertiary/aromatic N) is 2. The van der Waals surface area contributed by atoms with E-state index >= 15 is 0 Å². The number of hydrogen-bond donors (Lipinski definition) is 0. The third kappa shape index (κ3) is 1.69. The van der Waals surface area contributed by atoms with Crippen LogP contribution in [0.1, 0.15) is 31.0 Å². The highest BCUT2D eigenvalue weighted by molar-refractivity contribution is 5.17. The van der Waals surface area contributed by atoms with Crippen LogP contribution in [0.15, 0.2) is 31.0 Å². The van der Waals surface area contributed by atoms with Crippen LogP contribution in [0.3, 0.4) is 0 Å². The molecule has 4 unspecified atom stereocenters. The van der Waals surface area contributed by atoms with Gasteiger partial charge in [-0.05, 0) is 43.9 Å². The molecule has 0 aromatic carbocycles. The lowest BCUT2D eigenvalue weighted by molar-refractivity contribution is 0.215. The molecule has 2 bridgehead atoms. The maximum Gasteiger partial charge on any atom is 0.146 e. The second kappa shape index (κ2) is 4.22. The van der Waals surface area contributed by atoms with Crippen LogP contribution < -0.4 is 0 Å². The first kappa shape index (κ1) is 10.9. The average molecular weight is 232 g/mol. The van der Waals surface area contributed by atoms with E-state index in [1.54, 1.807) is 12.3 Å². The van der Waals surface area contributed by atoms with Crippen molar-refractivity contribution >= 4 is 0 Å². The maximum atomic E-state index is 13.8. The first-order valence-corrected chi connectivity index (χ1v) is 6.28. The van der Waals surface area contributed by atoms with Crippen molar-refractivity contribution in [2.75, 3.05) is 6.54 Å². The molecule has 0 aliphatic carbocycles. The molecule has 1 aromatic heterocycles. The molecule has 4 atom stereocenters. The van der Waals surface area contributed by atoms with Gasteiger partial charge in [-0.15, -0.1) is 6.58 Å². The molecule has 2 aliphatic heterocycles. The third-order valence-electron chi connectivity index (χ3n) is 4.17. The van der Waals surface area contributed by atoms with Crippen LogP contribution in [-0.4, -0.2) is 22.5 Å². The SMILES string of the molecule is C=CCC1C2CCN1C(c1ncccc1F)C2. The summed E-state index contributed by atoms with van der Waals surface area (Å²) in [7, 11) is 0. The van der Waals surface area contributed by atoms with E-state index < -0.39 is 0 Å². The summed E-state index contributed by atoms with van der Waals surface area (Å²) in [4.78, 5) is 6.65. The zero-order valence-electron chi connectivity index (χ0n) is 9.85. The minimum absolute atomic E-state index is 0.164. The Morgan fingerprint density at radius 3 is 3.24 bits per heavy atom. The molecule has 0 radical (unpaired) electrons. The zero-order chi connectivity index (χ0) is 11.8. The van der Waals surface area contributed by atoms with E-state index in [0.717, 1.165) is 19.4 Å². The molecule has 2 aliphatic rings. The van der Waals surface area contributed by atoms with Gasteiger partial charge in [0.05, 0.1) is 11.7 Å². The van der Waals surface area contributed by atoms with E-state index in [1.807, 2.05) is 6.08 Å². The summed E-state index contributed by atoms with van der Waals surface area (Å²) in [6.45, 7) is 4.89. The number of rotatable bonds is 3. The van der Waals surface area contributed by atoms with Crippen molar-refractivity contribution in [3.63, 3.8) is 0 Å². The lowest BCUT2D eigenvalue weighted by atomic mass is 9.94. The predicted octanol–water partition coefficient (Wildman–Crippen LogP) is 2.93. The van der Waals surface area contributed by atoms with Gasteiger partial charge >= 0.3 is 0 Å². The number of aromatic nitrogens is 1. The quantitative estimate of drug-likeness (QED) is 0.745. The highest BCUT2D eigenvalue weighted by atomic mass is 19.1. The normalized spacial score (nSPS) is 35.1. The van der Waals surface area contributed by atoms with E-state index in [-0.39, 0.29) is 11.9 Å². The minimum Gasteiger partial charge on any atom is -0.291 e. The third-order valence-corrected chi connectivity index (χ3v) is 4.17. The van der Waals surface area contributed by atoms with Gasteiger partial charge in [0.1, 0.15) is 5.82 Å². The van der Waals surface area contributed by atoms with E-state index in [1.165, 1.54) is 12.5 Å². The molecule has 0 saturated carbocycles. The topological polar surface area (TPSA) is 16.1 Å².